The Labute approximate surface area is 379 Å². The number of allylic oxidation sites excluding steroid dienone is 4. The number of carbonyl (C=O) groups excluding carboxylic acids is 6. The summed E-state index contributed by atoms with van der Waals surface area (Å²) < 4.78 is 18.3. The van der Waals surface area contributed by atoms with Crippen molar-refractivity contribution >= 4 is 35.6 Å². The highest BCUT2D eigenvalue weighted by Crippen LogP contribution is 2.39. The fraction of sp³-hybridized carbons (Fsp3) is 0.569. The van der Waals surface area contributed by atoms with E-state index in [9.17, 15) is 9.59 Å². The number of benzene rings is 2. The molecular weight excluding hydrogens is 813 g/mol. The summed E-state index contributed by atoms with van der Waals surface area (Å²) in [5, 5.41) is 3.18. The van der Waals surface area contributed by atoms with Crippen LogP contribution in [0.3, 0.4) is 0 Å². The summed E-state index contributed by atoms with van der Waals surface area (Å²) in [6, 6.07) is 17.1. The summed E-state index contributed by atoms with van der Waals surface area (Å²) in [7, 11) is 5.31. The maximum Gasteiger partial charge on any atom is 0.311 e. The fourth-order valence-corrected chi connectivity index (χ4v) is 8.99. The van der Waals surface area contributed by atoms with Crippen molar-refractivity contribution in [2.45, 2.75) is 116 Å². The van der Waals surface area contributed by atoms with Crippen molar-refractivity contribution in [3.05, 3.63) is 96.1 Å². The van der Waals surface area contributed by atoms with Crippen LogP contribution < -0.4 is 5.32 Å². The normalized spacial score (nSPS) is 27.2. The third kappa shape index (κ3) is 13.4. The second kappa shape index (κ2) is 23.1. The standard InChI is InChI=1S/C51H70N4O9/c1-34-45(37-21-13-9-14-22-37)62-41(56)27-19-11-17-25-39(48(59)54(34)7)43(47(58)52-33-36-29-31-53(6)32-30-36)44(50(61)64-51(3,4)5)40-26-18-12-20-28-42(57)63-46(35(2)55(8)49(40)60)38-23-15-10-16-24-38/h9-18,21-24,34-36,39-40,43-46H,19-20,25-33H2,1-8H3,(H,52,58)/b17-11+,18-12+/t34-,35-,39-,40-,43?,44?,45-,46-/m0/s1. The molecule has 5 rings (SSSR count). The quantitative estimate of drug-likeness (QED) is 0.159. The molecule has 0 radical (unpaired) electrons. The monoisotopic (exact) mass is 883 g/mol. The van der Waals surface area contributed by atoms with E-state index < -0.39 is 89.2 Å². The summed E-state index contributed by atoms with van der Waals surface area (Å²) >= 11 is 0. The first-order valence-corrected chi connectivity index (χ1v) is 23.0. The Morgan fingerprint density at radius 2 is 1.12 bits per heavy atom. The van der Waals surface area contributed by atoms with Crippen LogP contribution in [0.5, 0.6) is 0 Å². The van der Waals surface area contributed by atoms with Gasteiger partial charge in [0.25, 0.3) is 0 Å². The van der Waals surface area contributed by atoms with Crippen LogP contribution in [0.1, 0.15) is 109 Å². The maximum atomic E-state index is 15.4. The minimum absolute atomic E-state index is 0.0264. The highest BCUT2D eigenvalue weighted by Gasteiger charge is 2.51. The minimum Gasteiger partial charge on any atom is -0.460 e. The summed E-state index contributed by atoms with van der Waals surface area (Å²) in [6.07, 6.45) is 8.12. The Balaban J connectivity index is 1.67. The molecule has 3 aliphatic heterocycles. The Hall–Kier alpha value is -5.30. The zero-order chi connectivity index (χ0) is 46.6. The molecule has 13 heteroatoms. The van der Waals surface area contributed by atoms with Crippen LogP contribution in [0, 0.1) is 29.6 Å². The smallest absolute Gasteiger partial charge is 0.311 e. The molecule has 1 saturated heterocycles. The highest BCUT2D eigenvalue weighted by atomic mass is 16.6. The molecule has 0 bridgehead atoms. The lowest BCUT2D eigenvalue weighted by Gasteiger charge is -2.41. The second-order valence-corrected chi connectivity index (χ2v) is 18.8. The van der Waals surface area contributed by atoms with E-state index in [0.29, 0.717) is 30.5 Å². The molecule has 64 heavy (non-hydrogen) atoms. The van der Waals surface area contributed by atoms with Crippen LogP contribution in [0.2, 0.25) is 0 Å². The van der Waals surface area contributed by atoms with Gasteiger partial charge in [-0.05, 0) is 110 Å². The van der Waals surface area contributed by atoms with Gasteiger partial charge >= 0.3 is 17.9 Å². The van der Waals surface area contributed by atoms with Crippen LogP contribution in [0.4, 0.5) is 0 Å². The van der Waals surface area contributed by atoms with Gasteiger partial charge in [-0.25, -0.2) is 0 Å². The Kier molecular flexibility index (Phi) is 17.9. The summed E-state index contributed by atoms with van der Waals surface area (Å²) in [5.41, 5.74) is 0.382. The third-order valence-corrected chi connectivity index (χ3v) is 13.0. The van der Waals surface area contributed by atoms with E-state index >= 15 is 19.2 Å². The van der Waals surface area contributed by atoms with Crippen molar-refractivity contribution in [3.63, 3.8) is 0 Å². The number of carbonyl (C=O) groups is 6. The first-order valence-electron chi connectivity index (χ1n) is 23.0. The van der Waals surface area contributed by atoms with Crippen molar-refractivity contribution in [3.8, 4) is 0 Å². The lowest BCUT2D eigenvalue weighted by Crippen LogP contribution is -2.55. The van der Waals surface area contributed by atoms with Crippen LogP contribution in [-0.4, -0.2) is 109 Å². The predicted molar refractivity (Wildman–Crippen MR) is 244 cm³/mol. The summed E-state index contributed by atoms with van der Waals surface area (Å²) in [5.74, 6) is -7.99. The number of likely N-dealkylation sites (N-methyl/N-ethyl adjacent to an activating group) is 2. The van der Waals surface area contributed by atoms with Crippen molar-refractivity contribution in [1.29, 1.82) is 0 Å². The highest BCUT2D eigenvalue weighted by molar-refractivity contribution is 5.94. The molecule has 3 heterocycles. The first-order chi connectivity index (χ1) is 30.5. The number of amides is 3. The Morgan fingerprint density at radius 3 is 1.56 bits per heavy atom. The lowest BCUT2D eigenvalue weighted by molar-refractivity contribution is -0.173. The van der Waals surface area contributed by atoms with Gasteiger partial charge in [-0.15, -0.1) is 0 Å². The van der Waals surface area contributed by atoms with Gasteiger partial charge < -0.3 is 34.2 Å². The number of hydrogen-bond donors (Lipinski definition) is 1. The number of likely N-dealkylation sites (tertiary alicyclic amines) is 1. The third-order valence-electron chi connectivity index (χ3n) is 13.0. The van der Waals surface area contributed by atoms with Gasteiger partial charge in [-0.2, -0.15) is 0 Å². The topological polar surface area (TPSA) is 152 Å². The molecule has 3 amide bonds. The van der Waals surface area contributed by atoms with E-state index in [2.05, 4.69) is 17.3 Å². The summed E-state index contributed by atoms with van der Waals surface area (Å²) in [4.78, 5) is 92.8. The zero-order valence-electron chi connectivity index (χ0n) is 39.1. The number of nitrogens with zero attached hydrogens (tertiary/aromatic N) is 3. The van der Waals surface area contributed by atoms with Gasteiger partial charge in [0.15, 0.2) is 0 Å². The number of esters is 3. The van der Waals surface area contributed by atoms with Gasteiger partial charge in [0, 0.05) is 33.5 Å². The van der Waals surface area contributed by atoms with E-state index in [1.165, 1.54) is 9.80 Å². The average molecular weight is 883 g/mol. The number of hydrogen-bond acceptors (Lipinski definition) is 10. The SMILES string of the molecule is C[C@H]1[C@@H](c2ccccc2)OC(=O)CC/C=C/C[C@@H](C(C(=O)NCC2CCN(C)CC2)C(C(=O)OC(C)(C)C)[C@@H]2C/C=C/CCC(=O)O[C@H](c3ccccc3)[C@H](C)N(C)C2=O)C(=O)N1C. The van der Waals surface area contributed by atoms with Gasteiger partial charge in [0.05, 0.1) is 35.8 Å². The summed E-state index contributed by atoms with van der Waals surface area (Å²) in [6.45, 7) is 10.9. The van der Waals surface area contributed by atoms with Crippen LogP contribution in [0.15, 0.2) is 85.0 Å². The van der Waals surface area contributed by atoms with E-state index in [0.717, 1.165) is 25.9 Å². The van der Waals surface area contributed by atoms with Crippen LogP contribution >= 0.6 is 0 Å². The number of cyclic esters (lactones) is 2. The van der Waals surface area contributed by atoms with E-state index in [1.54, 1.807) is 73.0 Å². The molecular formula is C51H70N4O9. The second-order valence-electron chi connectivity index (χ2n) is 18.8. The zero-order valence-corrected chi connectivity index (χ0v) is 39.1. The Bertz CT molecular complexity index is 1960. The van der Waals surface area contributed by atoms with E-state index in [-0.39, 0.29) is 31.6 Å². The molecule has 2 aromatic rings. The molecule has 1 fully saturated rings. The molecule has 1 N–H and O–H groups in total. The Morgan fingerprint density at radius 1 is 0.688 bits per heavy atom. The molecule has 2 unspecified atom stereocenters. The maximum absolute atomic E-state index is 15.4. The number of piperidine rings is 1. The van der Waals surface area contributed by atoms with Gasteiger partial charge in [-0.3, -0.25) is 28.8 Å². The van der Waals surface area contributed by atoms with Crippen LogP contribution in [-0.2, 0) is 43.0 Å². The molecule has 348 valence electrons. The van der Waals surface area contributed by atoms with Gasteiger partial charge in [0.2, 0.25) is 17.7 Å². The van der Waals surface area contributed by atoms with Gasteiger partial charge in [0.1, 0.15) is 17.8 Å². The molecule has 8 atom stereocenters. The molecule has 3 aliphatic rings. The van der Waals surface area contributed by atoms with E-state index in [4.69, 9.17) is 14.2 Å². The fourth-order valence-electron chi connectivity index (χ4n) is 8.99. The number of rotatable bonds is 9. The van der Waals surface area contributed by atoms with Crippen molar-refractivity contribution in [2.75, 3.05) is 40.8 Å². The number of nitrogens with one attached hydrogen (secondary N) is 1. The number of ether oxygens (including phenoxy) is 3. The molecule has 13 nitrogen and oxygen atoms in total. The van der Waals surface area contributed by atoms with Gasteiger partial charge in [-0.1, -0.05) is 85.0 Å². The molecule has 0 saturated carbocycles. The van der Waals surface area contributed by atoms with Crippen LogP contribution in [0.25, 0.3) is 0 Å². The van der Waals surface area contributed by atoms with E-state index in [1.807, 2.05) is 60.7 Å². The first kappa shape index (κ1) is 49.7. The lowest BCUT2D eigenvalue weighted by atomic mass is 9.70. The molecule has 0 spiro atoms. The van der Waals surface area contributed by atoms with Crippen molar-refractivity contribution in [1.82, 2.24) is 20.0 Å². The average Bonchev–Trinajstić information content (AvgIpc) is 3.27. The molecule has 0 aliphatic carbocycles. The predicted octanol–water partition coefficient (Wildman–Crippen LogP) is 6.99. The minimum atomic E-state index is -1.44. The van der Waals surface area contributed by atoms with Crippen molar-refractivity contribution < 1.29 is 43.0 Å². The molecule has 0 aromatic heterocycles. The van der Waals surface area contributed by atoms with Crippen molar-refractivity contribution in [2.24, 2.45) is 29.6 Å². The molecule has 2 aromatic carbocycles. The largest absolute Gasteiger partial charge is 0.460 e.